The summed E-state index contributed by atoms with van der Waals surface area (Å²) < 4.78 is 5.80. The number of hydrogen-bond donors (Lipinski definition) is 1. The lowest BCUT2D eigenvalue weighted by atomic mass is 9.98. The van der Waals surface area contributed by atoms with E-state index < -0.39 is 0 Å². The molecule has 0 aliphatic carbocycles. The summed E-state index contributed by atoms with van der Waals surface area (Å²) in [4.78, 5) is 18.4. The largest absolute Gasteiger partial charge is 0.494 e. The fourth-order valence-electron chi connectivity index (χ4n) is 2.42. The van der Waals surface area contributed by atoms with Gasteiger partial charge in [0.15, 0.2) is 5.16 Å². The number of thioether (sulfide) groups is 1. The Kier molecular flexibility index (Phi) is 6.28. The molecule has 0 aliphatic rings. The molecule has 4 nitrogen and oxygen atoms in total. The SMILES string of the molecule is Cc1cc(=O)[nH]c(SCCCOc2ccc(C(C)C)c(C)c2)n1. The number of ether oxygens (including phenoxy) is 1. The van der Waals surface area contributed by atoms with Crippen LogP contribution in [-0.4, -0.2) is 22.3 Å². The van der Waals surface area contributed by atoms with Gasteiger partial charge in [-0.1, -0.05) is 31.7 Å². The van der Waals surface area contributed by atoms with Crippen LogP contribution >= 0.6 is 11.8 Å². The second-order valence-electron chi connectivity index (χ2n) is 5.92. The second kappa shape index (κ2) is 8.20. The summed E-state index contributed by atoms with van der Waals surface area (Å²) in [5.74, 6) is 2.30. The summed E-state index contributed by atoms with van der Waals surface area (Å²) in [5, 5.41) is 0.673. The summed E-state index contributed by atoms with van der Waals surface area (Å²) >= 11 is 1.55. The summed E-state index contributed by atoms with van der Waals surface area (Å²) in [6.07, 6.45) is 0.896. The van der Waals surface area contributed by atoms with Gasteiger partial charge >= 0.3 is 0 Å². The Morgan fingerprint density at radius 2 is 2.04 bits per heavy atom. The van der Waals surface area contributed by atoms with Crippen molar-refractivity contribution in [2.75, 3.05) is 12.4 Å². The van der Waals surface area contributed by atoms with Gasteiger partial charge in [-0.15, -0.1) is 0 Å². The normalized spacial score (nSPS) is 11.0. The van der Waals surface area contributed by atoms with E-state index in [1.54, 1.807) is 11.8 Å². The number of hydrogen-bond acceptors (Lipinski definition) is 4. The van der Waals surface area contributed by atoms with E-state index in [-0.39, 0.29) is 5.56 Å². The molecule has 23 heavy (non-hydrogen) atoms. The number of nitrogens with one attached hydrogen (secondary N) is 1. The topological polar surface area (TPSA) is 55.0 Å². The first kappa shape index (κ1) is 17.6. The van der Waals surface area contributed by atoms with Crippen LogP contribution in [0.2, 0.25) is 0 Å². The lowest BCUT2D eigenvalue weighted by Crippen LogP contribution is -2.08. The molecule has 0 atom stereocenters. The van der Waals surface area contributed by atoms with E-state index in [2.05, 4.69) is 42.9 Å². The highest BCUT2D eigenvalue weighted by Gasteiger charge is 2.05. The summed E-state index contributed by atoms with van der Waals surface area (Å²) in [5.41, 5.74) is 3.28. The van der Waals surface area contributed by atoms with Crippen molar-refractivity contribution in [2.45, 2.75) is 45.2 Å². The molecular formula is C18H24N2O2S. The third kappa shape index (κ3) is 5.43. The fourth-order valence-corrected chi connectivity index (χ4v) is 3.26. The van der Waals surface area contributed by atoms with Gasteiger partial charge in [0.1, 0.15) is 5.75 Å². The number of aryl methyl sites for hydroxylation is 2. The lowest BCUT2D eigenvalue weighted by Gasteiger charge is -2.12. The van der Waals surface area contributed by atoms with E-state index in [0.29, 0.717) is 17.7 Å². The van der Waals surface area contributed by atoms with Crippen molar-refractivity contribution < 1.29 is 4.74 Å². The van der Waals surface area contributed by atoms with Crippen LogP contribution in [-0.2, 0) is 0 Å². The average Bonchev–Trinajstić information content (AvgIpc) is 2.45. The molecule has 0 aliphatic heterocycles. The number of benzene rings is 1. The van der Waals surface area contributed by atoms with Crippen LogP contribution in [0.5, 0.6) is 5.75 Å². The van der Waals surface area contributed by atoms with Gasteiger partial charge in [-0.05, 0) is 49.4 Å². The highest BCUT2D eigenvalue weighted by molar-refractivity contribution is 7.99. The van der Waals surface area contributed by atoms with Crippen LogP contribution in [0.1, 0.15) is 43.0 Å². The Labute approximate surface area is 141 Å². The maximum Gasteiger partial charge on any atom is 0.251 e. The Balaban J connectivity index is 1.77. The van der Waals surface area contributed by atoms with Crippen LogP contribution in [0.15, 0.2) is 34.2 Å². The molecule has 1 N–H and O–H groups in total. The van der Waals surface area contributed by atoms with Crippen molar-refractivity contribution in [2.24, 2.45) is 0 Å². The molecular weight excluding hydrogens is 308 g/mol. The smallest absolute Gasteiger partial charge is 0.251 e. The number of rotatable bonds is 7. The maximum absolute atomic E-state index is 11.4. The quantitative estimate of drug-likeness (QED) is 0.472. The first-order valence-electron chi connectivity index (χ1n) is 7.90. The molecule has 5 heteroatoms. The van der Waals surface area contributed by atoms with Crippen molar-refractivity contribution in [1.29, 1.82) is 0 Å². The highest BCUT2D eigenvalue weighted by Crippen LogP contribution is 2.23. The molecule has 1 aromatic heterocycles. The van der Waals surface area contributed by atoms with Crippen molar-refractivity contribution in [3.8, 4) is 5.75 Å². The third-order valence-electron chi connectivity index (χ3n) is 3.51. The first-order valence-corrected chi connectivity index (χ1v) is 8.88. The molecule has 2 rings (SSSR count). The fraction of sp³-hybridized carbons (Fsp3) is 0.444. The molecule has 0 bridgehead atoms. The highest BCUT2D eigenvalue weighted by atomic mass is 32.2. The number of H-pyrrole nitrogens is 1. The summed E-state index contributed by atoms with van der Waals surface area (Å²) in [6.45, 7) is 9.00. The van der Waals surface area contributed by atoms with Crippen LogP contribution in [0.3, 0.4) is 0 Å². The van der Waals surface area contributed by atoms with Crippen molar-refractivity contribution in [3.05, 3.63) is 51.4 Å². The molecule has 1 heterocycles. The molecule has 0 amide bonds. The first-order chi connectivity index (χ1) is 11.0. The molecule has 1 aromatic carbocycles. The minimum atomic E-state index is -0.100. The van der Waals surface area contributed by atoms with E-state index >= 15 is 0 Å². The zero-order valence-corrected chi connectivity index (χ0v) is 15.0. The third-order valence-corrected chi connectivity index (χ3v) is 4.47. The van der Waals surface area contributed by atoms with E-state index in [9.17, 15) is 4.79 Å². The molecule has 0 unspecified atom stereocenters. The van der Waals surface area contributed by atoms with Crippen LogP contribution in [0.25, 0.3) is 0 Å². The summed E-state index contributed by atoms with van der Waals surface area (Å²) in [6, 6.07) is 7.78. The number of aromatic amines is 1. The molecule has 0 spiro atoms. The Hall–Kier alpha value is -1.75. The minimum absolute atomic E-state index is 0.100. The number of nitrogens with zero attached hydrogens (tertiary/aromatic N) is 1. The molecule has 2 aromatic rings. The lowest BCUT2D eigenvalue weighted by molar-refractivity contribution is 0.318. The van der Waals surface area contributed by atoms with Gasteiger partial charge in [0.05, 0.1) is 6.61 Å². The molecule has 124 valence electrons. The molecule has 0 fully saturated rings. The minimum Gasteiger partial charge on any atom is -0.494 e. The van der Waals surface area contributed by atoms with Crippen LogP contribution < -0.4 is 10.3 Å². The predicted octanol–water partition coefficient (Wildman–Crippen LogP) is 4.07. The van der Waals surface area contributed by atoms with Gasteiger partial charge in [0, 0.05) is 17.5 Å². The average molecular weight is 332 g/mol. The Morgan fingerprint density at radius 3 is 2.70 bits per heavy atom. The van der Waals surface area contributed by atoms with Crippen LogP contribution in [0, 0.1) is 13.8 Å². The second-order valence-corrected chi connectivity index (χ2v) is 7.00. The maximum atomic E-state index is 11.4. The van der Waals surface area contributed by atoms with E-state index in [1.165, 1.54) is 17.2 Å². The standard InChI is InChI=1S/C18H24N2O2S/c1-12(2)16-7-6-15(10-13(16)3)22-8-5-9-23-18-19-14(4)11-17(21)20-18/h6-7,10-12H,5,8-9H2,1-4H3,(H,19,20,21). The molecule has 0 radical (unpaired) electrons. The van der Waals surface area contributed by atoms with Gasteiger partial charge in [-0.2, -0.15) is 0 Å². The molecule has 0 saturated heterocycles. The zero-order chi connectivity index (χ0) is 16.8. The van der Waals surface area contributed by atoms with Crippen molar-refractivity contribution >= 4 is 11.8 Å². The van der Waals surface area contributed by atoms with Crippen LogP contribution in [0.4, 0.5) is 0 Å². The Morgan fingerprint density at radius 1 is 1.26 bits per heavy atom. The van der Waals surface area contributed by atoms with Gasteiger partial charge < -0.3 is 9.72 Å². The van der Waals surface area contributed by atoms with Gasteiger partial charge in [-0.25, -0.2) is 4.98 Å². The van der Waals surface area contributed by atoms with Gasteiger partial charge in [0.2, 0.25) is 0 Å². The summed E-state index contributed by atoms with van der Waals surface area (Å²) in [7, 11) is 0. The predicted molar refractivity (Wildman–Crippen MR) is 95.7 cm³/mol. The number of aromatic nitrogens is 2. The van der Waals surface area contributed by atoms with E-state index in [0.717, 1.165) is 23.6 Å². The van der Waals surface area contributed by atoms with Gasteiger partial charge in [-0.3, -0.25) is 4.79 Å². The monoisotopic (exact) mass is 332 g/mol. The van der Waals surface area contributed by atoms with Gasteiger partial charge in [0.25, 0.3) is 5.56 Å². The van der Waals surface area contributed by atoms with Crippen molar-refractivity contribution in [3.63, 3.8) is 0 Å². The van der Waals surface area contributed by atoms with Crippen molar-refractivity contribution in [1.82, 2.24) is 9.97 Å². The van der Waals surface area contributed by atoms with E-state index in [1.807, 2.05) is 13.0 Å². The molecule has 0 saturated carbocycles. The van der Waals surface area contributed by atoms with E-state index in [4.69, 9.17) is 4.74 Å². The Bertz CT molecular complexity index is 710. The zero-order valence-electron chi connectivity index (χ0n) is 14.2.